The van der Waals surface area contributed by atoms with Crippen LogP contribution in [0.1, 0.15) is 12.1 Å². The van der Waals surface area contributed by atoms with Gasteiger partial charge in [0.1, 0.15) is 12.8 Å². The van der Waals surface area contributed by atoms with E-state index in [9.17, 15) is 4.79 Å². The number of pyridine rings is 1. The van der Waals surface area contributed by atoms with E-state index in [1.54, 1.807) is 10.8 Å². The van der Waals surface area contributed by atoms with Gasteiger partial charge in [-0.15, -0.1) is 0 Å². The Morgan fingerprint density at radius 3 is 3.00 bits per heavy atom. The predicted molar refractivity (Wildman–Crippen MR) is 48.2 cm³/mol. The second-order valence-electron chi connectivity index (χ2n) is 2.86. The summed E-state index contributed by atoms with van der Waals surface area (Å²) in [6.07, 6.45) is 2.17. The minimum absolute atomic E-state index is 0.0765. The first-order valence-electron chi connectivity index (χ1n) is 4.30. The van der Waals surface area contributed by atoms with Gasteiger partial charge in [0.15, 0.2) is 18.4 Å². The number of hydrogen-bond donors (Lipinski definition) is 1. The van der Waals surface area contributed by atoms with Crippen molar-refractivity contribution in [2.75, 3.05) is 0 Å². The Kier molecular flexibility index (Phi) is 3.62. The van der Waals surface area contributed by atoms with Crippen molar-refractivity contribution in [1.82, 2.24) is 0 Å². The molecule has 0 aromatic carbocycles. The molecule has 0 fully saturated rings. The maximum atomic E-state index is 10.4. The molecule has 1 rings (SSSR count). The summed E-state index contributed by atoms with van der Waals surface area (Å²) < 4.78 is 1.79. The van der Waals surface area contributed by atoms with Gasteiger partial charge in [-0.3, -0.25) is 4.79 Å². The van der Waals surface area contributed by atoms with Crippen LogP contribution in [-0.4, -0.2) is 11.1 Å². The van der Waals surface area contributed by atoms with Crippen molar-refractivity contribution >= 4 is 5.97 Å². The lowest BCUT2D eigenvalue weighted by atomic mass is 10.2. The number of nitrogens with zero attached hydrogens (tertiary/aromatic N) is 2. The third-order valence-corrected chi connectivity index (χ3v) is 1.86. The fourth-order valence-electron chi connectivity index (χ4n) is 1.19. The maximum Gasteiger partial charge on any atom is 0.309 e. The highest BCUT2D eigenvalue weighted by atomic mass is 16.4. The van der Waals surface area contributed by atoms with Crippen molar-refractivity contribution < 1.29 is 14.5 Å². The minimum atomic E-state index is -0.829. The van der Waals surface area contributed by atoms with E-state index in [1.165, 1.54) is 0 Å². The van der Waals surface area contributed by atoms with Crippen LogP contribution in [0.5, 0.6) is 0 Å². The first kappa shape index (κ1) is 10.2. The predicted octanol–water partition coefficient (Wildman–Crippen LogP) is 0.515. The monoisotopic (exact) mass is 191 g/mol. The quantitative estimate of drug-likeness (QED) is 0.705. The number of nitriles is 1. The van der Waals surface area contributed by atoms with Crippen LogP contribution in [0.2, 0.25) is 0 Å². The number of aryl methyl sites for hydroxylation is 1. The van der Waals surface area contributed by atoms with Crippen LogP contribution in [-0.2, 0) is 17.8 Å². The number of aliphatic carboxylic acids is 1. The highest BCUT2D eigenvalue weighted by Crippen LogP contribution is 1.93. The lowest BCUT2D eigenvalue weighted by molar-refractivity contribution is -0.702. The number of rotatable bonds is 4. The van der Waals surface area contributed by atoms with E-state index < -0.39 is 5.97 Å². The first-order valence-corrected chi connectivity index (χ1v) is 4.30. The second-order valence-corrected chi connectivity index (χ2v) is 2.86. The highest BCUT2D eigenvalue weighted by molar-refractivity contribution is 5.66. The molecular weight excluding hydrogens is 180 g/mol. The van der Waals surface area contributed by atoms with E-state index >= 15 is 0 Å². The number of carboxylic acid groups (broad SMARTS) is 1. The molecule has 0 unspecified atom stereocenters. The van der Waals surface area contributed by atoms with E-state index in [-0.39, 0.29) is 6.42 Å². The molecule has 0 radical (unpaired) electrons. The normalized spacial score (nSPS) is 9.36. The minimum Gasteiger partial charge on any atom is -0.481 e. The summed E-state index contributed by atoms with van der Waals surface area (Å²) in [5, 5.41) is 17.1. The molecule has 0 amide bonds. The zero-order valence-electron chi connectivity index (χ0n) is 7.68. The summed E-state index contributed by atoms with van der Waals surface area (Å²) in [4.78, 5) is 10.4. The van der Waals surface area contributed by atoms with Crippen molar-refractivity contribution in [2.24, 2.45) is 0 Å². The number of aromatic nitrogens is 1. The number of carbonyl (C=O) groups is 1. The molecule has 0 aliphatic carbocycles. The summed E-state index contributed by atoms with van der Waals surface area (Å²) in [5.41, 5.74) is 0.844. The summed E-state index contributed by atoms with van der Waals surface area (Å²) >= 11 is 0. The molecule has 0 saturated carbocycles. The SMILES string of the molecule is N#CCc1cccc[n+]1CCC(=O)O. The van der Waals surface area contributed by atoms with Crippen molar-refractivity contribution in [3.8, 4) is 6.07 Å². The van der Waals surface area contributed by atoms with Crippen LogP contribution < -0.4 is 4.57 Å². The van der Waals surface area contributed by atoms with Crippen molar-refractivity contribution in [3.63, 3.8) is 0 Å². The van der Waals surface area contributed by atoms with Crippen molar-refractivity contribution in [1.29, 1.82) is 5.26 Å². The van der Waals surface area contributed by atoms with Crippen molar-refractivity contribution in [3.05, 3.63) is 30.1 Å². The zero-order valence-corrected chi connectivity index (χ0v) is 7.68. The van der Waals surface area contributed by atoms with Crippen LogP contribution >= 0.6 is 0 Å². The Morgan fingerprint density at radius 2 is 2.36 bits per heavy atom. The van der Waals surface area contributed by atoms with Gasteiger partial charge in [0.25, 0.3) is 0 Å². The van der Waals surface area contributed by atoms with Crippen LogP contribution in [0.25, 0.3) is 0 Å². The van der Waals surface area contributed by atoms with Gasteiger partial charge >= 0.3 is 5.97 Å². The molecule has 0 saturated heterocycles. The largest absolute Gasteiger partial charge is 0.481 e. The molecule has 72 valence electrons. The third kappa shape index (κ3) is 2.87. The second kappa shape index (κ2) is 4.97. The van der Waals surface area contributed by atoms with Crippen LogP contribution in [0.3, 0.4) is 0 Å². The van der Waals surface area contributed by atoms with Gasteiger partial charge in [-0.2, -0.15) is 5.26 Å². The van der Waals surface area contributed by atoms with Gasteiger partial charge < -0.3 is 5.11 Å². The van der Waals surface area contributed by atoms with Gasteiger partial charge in [0, 0.05) is 12.1 Å². The molecule has 14 heavy (non-hydrogen) atoms. The molecule has 0 bridgehead atoms. The molecule has 4 heteroatoms. The summed E-state index contributed by atoms with van der Waals surface area (Å²) in [7, 11) is 0. The number of hydrogen-bond acceptors (Lipinski definition) is 2. The fraction of sp³-hybridized carbons (Fsp3) is 0.300. The Hall–Kier alpha value is -1.89. The Balaban J connectivity index is 2.74. The topological polar surface area (TPSA) is 65.0 Å². The lowest BCUT2D eigenvalue weighted by Gasteiger charge is -1.98. The van der Waals surface area contributed by atoms with Crippen LogP contribution in [0, 0.1) is 11.3 Å². The highest BCUT2D eigenvalue weighted by Gasteiger charge is 2.10. The lowest BCUT2D eigenvalue weighted by Crippen LogP contribution is -2.38. The van der Waals surface area contributed by atoms with E-state index in [1.807, 2.05) is 24.3 Å². The molecule has 0 aliphatic heterocycles. The van der Waals surface area contributed by atoms with Gasteiger partial charge in [-0.05, 0) is 0 Å². The molecule has 0 atom stereocenters. The van der Waals surface area contributed by atoms with Gasteiger partial charge in [0.05, 0.1) is 6.07 Å². The standard InChI is InChI=1S/C10H10N2O2/c11-6-4-9-3-1-2-7-12(9)8-5-10(13)14/h1-3,7H,4-5,8H2/p+1. The molecule has 1 aromatic rings. The molecule has 0 aliphatic rings. The van der Waals surface area contributed by atoms with E-state index in [4.69, 9.17) is 10.4 Å². The van der Waals surface area contributed by atoms with Crippen LogP contribution in [0.15, 0.2) is 24.4 Å². The molecule has 0 spiro atoms. The smallest absolute Gasteiger partial charge is 0.309 e. The first-order chi connectivity index (χ1) is 6.74. The summed E-state index contributed by atoms with van der Waals surface area (Å²) in [6.45, 7) is 0.410. The Labute approximate surface area is 82.0 Å². The fourth-order valence-corrected chi connectivity index (χ4v) is 1.19. The Morgan fingerprint density at radius 1 is 1.57 bits per heavy atom. The molecule has 4 nitrogen and oxygen atoms in total. The molecular formula is C10H11N2O2+. The molecule has 1 N–H and O–H groups in total. The molecule has 1 aromatic heterocycles. The van der Waals surface area contributed by atoms with Crippen molar-refractivity contribution in [2.45, 2.75) is 19.4 Å². The maximum absolute atomic E-state index is 10.4. The summed E-state index contributed by atoms with van der Waals surface area (Å²) in [6, 6.07) is 7.53. The van der Waals surface area contributed by atoms with E-state index in [0.29, 0.717) is 13.0 Å². The van der Waals surface area contributed by atoms with E-state index in [0.717, 1.165) is 5.69 Å². The molecule has 1 heterocycles. The van der Waals surface area contributed by atoms with Crippen LogP contribution in [0.4, 0.5) is 0 Å². The summed E-state index contributed by atoms with van der Waals surface area (Å²) in [5.74, 6) is -0.829. The Bertz CT molecular complexity index is 369. The van der Waals surface area contributed by atoms with Gasteiger partial charge in [-0.1, -0.05) is 6.07 Å². The zero-order chi connectivity index (χ0) is 10.4. The number of carboxylic acids is 1. The third-order valence-electron chi connectivity index (χ3n) is 1.86. The van der Waals surface area contributed by atoms with Gasteiger partial charge in [-0.25, -0.2) is 4.57 Å². The average Bonchev–Trinajstić information content (AvgIpc) is 2.17. The van der Waals surface area contributed by atoms with E-state index in [2.05, 4.69) is 0 Å². The average molecular weight is 191 g/mol. The van der Waals surface area contributed by atoms with Gasteiger partial charge in [0.2, 0.25) is 0 Å².